The molecule has 1 aromatic heterocycles. The lowest BCUT2D eigenvalue weighted by Crippen LogP contribution is -2.06. The van der Waals surface area contributed by atoms with E-state index in [1.807, 2.05) is 18.2 Å². The molecule has 0 spiro atoms. The summed E-state index contributed by atoms with van der Waals surface area (Å²) in [6.07, 6.45) is 2.53. The lowest BCUT2D eigenvalue weighted by molar-refractivity contribution is 0.198. The van der Waals surface area contributed by atoms with Crippen LogP contribution in [0.5, 0.6) is 0 Å². The van der Waals surface area contributed by atoms with Crippen LogP contribution in [0, 0.1) is 0 Å². The molecule has 2 rings (SSSR count). The van der Waals surface area contributed by atoms with Gasteiger partial charge in [0.05, 0.1) is 5.52 Å². The monoisotopic (exact) mass is 295 g/mol. The van der Waals surface area contributed by atoms with Crippen LogP contribution in [0.4, 0.5) is 5.82 Å². The zero-order valence-corrected chi connectivity index (χ0v) is 11.2. The normalized spacial score (nSPS) is 10.7. The molecule has 0 radical (unpaired) electrons. The van der Waals surface area contributed by atoms with Crippen LogP contribution < -0.4 is 5.32 Å². The minimum Gasteiger partial charge on any atom is -0.385 e. The van der Waals surface area contributed by atoms with E-state index in [0.717, 1.165) is 40.8 Å². The van der Waals surface area contributed by atoms with Gasteiger partial charge in [0.25, 0.3) is 0 Å². The van der Waals surface area contributed by atoms with Crippen molar-refractivity contribution in [3.8, 4) is 0 Å². The molecular formula is C12H14BrN3O. The molecule has 0 saturated carbocycles. The maximum Gasteiger partial charge on any atom is 0.137 e. The van der Waals surface area contributed by atoms with Crippen LogP contribution in [-0.2, 0) is 4.74 Å². The lowest BCUT2D eigenvalue weighted by Gasteiger charge is -2.08. The molecule has 0 aliphatic carbocycles. The Balaban J connectivity index is 2.18. The molecular weight excluding hydrogens is 282 g/mol. The van der Waals surface area contributed by atoms with Gasteiger partial charge in [-0.05, 0) is 24.6 Å². The van der Waals surface area contributed by atoms with E-state index in [0.29, 0.717) is 0 Å². The number of ether oxygens (including phenoxy) is 1. The van der Waals surface area contributed by atoms with Gasteiger partial charge in [0.1, 0.15) is 12.1 Å². The summed E-state index contributed by atoms with van der Waals surface area (Å²) in [5.74, 6) is 0.868. The summed E-state index contributed by atoms with van der Waals surface area (Å²) in [5, 5.41) is 4.32. The van der Waals surface area contributed by atoms with Crippen LogP contribution in [0.25, 0.3) is 10.9 Å². The van der Waals surface area contributed by atoms with Crippen molar-refractivity contribution in [2.24, 2.45) is 0 Å². The van der Waals surface area contributed by atoms with Crippen LogP contribution in [0.2, 0.25) is 0 Å². The third kappa shape index (κ3) is 3.14. The number of hydrogen-bond acceptors (Lipinski definition) is 4. The summed E-state index contributed by atoms with van der Waals surface area (Å²) in [4.78, 5) is 8.49. The van der Waals surface area contributed by atoms with Crippen LogP contribution in [0.3, 0.4) is 0 Å². The molecule has 1 heterocycles. The predicted molar refractivity (Wildman–Crippen MR) is 72.2 cm³/mol. The number of nitrogens with zero attached hydrogens (tertiary/aromatic N) is 2. The van der Waals surface area contributed by atoms with E-state index >= 15 is 0 Å². The Labute approximate surface area is 109 Å². The molecule has 0 aliphatic heterocycles. The number of halogens is 1. The van der Waals surface area contributed by atoms with Crippen LogP contribution in [0.15, 0.2) is 29.0 Å². The van der Waals surface area contributed by atoms with Crippen molar-refractivity contribution in [3.63, 3.8) is 0 Å². The molecule has 2 aromatic rings. The first-order valence-corrected chi connectivity index (χ1v) is 6.23. The molecule has 90 valence electrons. The molecule has 0 atom stereocenters. The second-order valence-corrected chi connectivity index (χ2v) is 4.57. The average Bonchev–Trinajstić information content (AvgIpc) is 2.35. The largest absolute Gasteiger partial charge is 0.385 e. The van der Waals surface area contributed by atoms with E-state index in [1.165, 1.54) is 0 Å². The number of anilines is 1. The first-order valence-electron chi connectivity index (χ1n) is 5.44. The Bertz CT molecular complexity index is 504. The summed E-state index contributed by atoms with van der Waals surface area (Å²) in [6.45, 7) is 1.59. The number of aromatic nitrogens is 2. The van der Waals surface area contributed by atoms with Gasteiger partial charge in [0.15, 0.2) is 0 Å². The first-order chi connectivity index (χ1) is 8.31. The fourth-order valence-electron chi connectivity index (χ4n) is 1.59. The third-order valence-corrected chi connectivity index (χ3v) is 2.91. The van der Waals surface area contributed by atoms with Gasteiger partial charge in [-0.1, -0.05) is 15.9 Å². The van der Waals surface area contributed by atoms with Crippen LogP contribution in [-0.4, -0.2) is 30.2 Å². The second kappa shape index (κ2) is 5.93. The molecule has 0 aliphatic rings. The highest BCUT2D eigenvalue weighted by Crippen LogP contribution is 2.23. The summed E-state index contributed by atoms with van der Waals surface area (Å²) in [5.41, 5.74) is 0.942. The van der Waals surface area contributed by atoms with Crippen LogP contribution in [0.1, 0.15) is 6.42 Å². The summed E-state index contributed by atoms with van der Waals surface area (Å²) < 4.78 is 6.03. The zero-order chi connectivity index (χ0) is 12.1. The summed E-state index contributed by atoms with van der Waals surface area (Å²) >= 11 is 3.46. The molecule has 0 bridgehead atoms. The van der Waals surface area contributed by atoms with Crippen molar-refractivity contribution in [3.05, 3.63) is 29.0 Å². The first kappa shape index (κ1) is 12.3. The fourth-order valence-corrected chi connectivity index (χ4v) is 1.95. The van der Waals surface area contributed by atoms with Gasteiger partial charge in [-0.3, -0.25) is 0 Å². The Morgan fingerprint density at radius 1 is 1.35 bits per heavy atom. The second-order valence-electron chi connectivity index (χ2n) is 3.66. The van der Waals surface area contributed by atoms with Gasteiger partial charge in [0, 0.05) is 30.1 Å². The van der Waals surface area contributed by atoms with Gasteiger partial charge < -0.3 is 10.1 Å². The van der Waals surface area contributed by atoms with Crippen molar-refractivity contribution < 1.29 is 4.74 Å². The van der Waals surface area contributed by atoms with Crippen molar-refractivity contribution in [2.75, 3.05) is 25.6 Å². The molecule has 17 heavy (non-hydrogen) atoms. The molecule has 0 fully saturated rings. The Morgan fingerprint density at radius 2 is 2.24 bits per heavy atom. The van der Waals surface area contributed by atoms with E-state index in [-0.39, 0.29) is 0 Å². The van der Waals surface area contributed by atoms with E-state index < -0.39 is 0 Å². The average molecular weight is 296 g/mol. The molecule has 0 saturated heterocycles. The Kier molecular flexibility index (Phi) is 4.28. The topological polar surface area (TPSA) is 47.0 Å². The van der Waals surface area contributed by atoms with E-state index in [1.54, 1.807) is 13.4 Å². The van der Waals surface area contributed by atoms with Gasteiger partial charge >= 0.3 is 0 Å². The number of rotatable bonds is 5. The number of methoxy groups -OCH3 is 1. The van der Waals surface area contributed by atoms with Crippen molar-refractivity contribution in [1.82, 2.24) is 9.97 Å². The molecule has 5 heteroatoms. The number of nitrogens with one attached hydrogen (secondary N) is 1. The predicted octanol–water partition coefficient (Wildman–Crippen LogP) is 2.84. The number of hydrogen-bond donors (Lipinski definition) is 1. The lowest BCUT2D eigenvalue weighted by atomic mass is 10.2. The smallest absolute Gasteiger partial charge is 0.137 e. The van der Waals surface area contributed by atoms with Crippen molar-refractivity contribution in [1.29, 1.82) is 0 Å². The van der Waals surface area contributed by atoms with E-state index in [9.17, 15) is 0 Å². The molecule has 0 unspecified atom stereocenters. The highest BCUT2D eigenvalue weighted by molar-refractivity contribution is 9.10. The summed E-state index contributed by atoms with van der Waals surface area (Å²) in [7, 11) is 1.71. The maximum absolute atomic E-state index is 5.01. The minimum absolute atomic E-state index is 0.750. The minimum atomic E-state index is 0.750. The van der Waals surface area contributed by atoms with Gasteiger partial charge in [-0.2, -0.15) is 0 Å². The highest BCUT2D eigenvalue weighted by Gasteiger charge is 2.03. The van der Waals surface area contributed by atoms with Crippen LogP contribution >= 0.6 is 15.9 Å². The molecule has 0 amide bonds. The molecule has 1 N–H and O–H groups in total. The maximum atomic E-state index is 5.01. The Morgan fingerprint density at radius 3 is 3.06 bits per heavy atom. The van der Waals surface area contributed by atoms with E-state index in [2.05, 4.69) is 31.2 Å². The standard InChI is InChI=1S/C12H14BrN3O/c1-17-6-2-5-14-12-10-7-9(13)3-4-11(10)15-8-16-12/h3-4,7-8H,2,5-6H2,1H3,(H,14,15,16). The molecule has 1 aromatic carbocycles. The van der Waals surface area contributed by atoms with Gasteiger partial charge in [0.2, 0.25) is 0 Å². The Hall–Kier alpha value is -1.20. The quantitative estimate of drug-likeness (QED) is 0.862. The fraction of sp³-hybridized carbons (Fsp3) is 0.333. The number of benzene rings is 1. The third-order valence-electron chi connectivity index (χ3n) is 2.42. The van der Waals surface area contributed by atoms with Crippen molar-refractivity contribution >= 4 is 32.7 Å². The summed E-state index contributed by atoms with van der Waals surface area (Å²) in [6, 6.07) is 5.97. The number of fused-ring (bicyclic) bond motifs is 1. The van der Waals surface area contributed by atoms with Crippen molar-refractivity contribution in [2.45, 2.75) is 6.42 Å². The van der Waals surface area contributed by atoms with Gasteiger partial charge in [-0.15, -0.1) is 0 Å². The molecule has 4 nitrogen and oxygen atoms in total. The highest BCUT2D eigenvalue weighted by atomic mass is 79.9. The SMILES string of the molecule is COCCCNc1ncnc2ccc(Br)cc12. The zero-order valence-electron chi connectivity index (χ0n) is 9.61. The van der Waals surface area contributed by atoms with E-state index in [4.69, 9.17) is 4.74 Å². The van der Waals surface area contributed by atoms with Gasteiger partial charge in [-0.25, -0.2) is 9.97 Å².